The number of hydrogen-bond donors (Lipinski definition) is 0. The second kappa shape index (κ2) is 9.27. The number of likely N-dealkylation sites (tertiary alicyclic amines) is 1. The fraction of sp³-hybridized carbons (Fsp3) is 0.368. The molecule has 3 nitrogen and oxygen atoms in total. The largest absolute Gasteiger partial charge is 1.00 e. The molecule has 1 unspecified atom stereocenters. The summed E-state index contributed by atoms with van der Waals surface area (Å²) in [4.78, 5) is 2.89. The van der Waals surface area contributed by atoms with Gasteiger partial charge < -0.3 is 9.45 Å². The van der Waals surface area contributed by atoms with Crippen LogP contribution in [0.5, 0.6) is 0 Å². The Morgan fingerprint density at radius 2 is 1.67 bits per heavy atom. The second-order valence-corrected chi connectivity index (χ2v) is 7.17. The molecule has 3 rings (SSSR count). The van der Waals surface area contributed by atoms with Crippen LogP contribution in [0, 0.1) is 0 Å². The Morgan fingerprint density at radius 3 is 2.17 bits per heavy atom. The van der Waals surface area contributed by atoms with Gasteiger partial charge in [0, 0.05) is 17.5 Å². The van der Waals surface area contributed by atoms with E-state index in [-0.39, 0.29) is 29.6 Å². The minimum absolute atomic E-state index is 0. The molecule has 1 aliphatic heterocycles. The van der Waals surface area contributed by atoms with E-state index in [1.165, 1.54) is 24.9 Å². The van der Waals surface area contributed by atoms with E-state index in [4.69, 9.17) is 0 Å². The van der Waals surface area contributed by atoms with Crippen molar-refractivity contribution in [3.63, 3.8) is 0 Å². The molecular formula is C19H22NNaO2S. The first-order chi connectivity index (χ1) is 11.1. The van der Waals surface area contributed by atoms with Gasteiger partial charge in [0.2, 0.25) is 0 Å². The third-order valence-corrected chi connectivity index (χ3v) is 5.37. The molecule has 0 radical (unpaired) electrons. The predicted octanol–water partition coefficient (Wildman–Crippen LogP) is 0.622. The fourth-order valence-corrected chi connectivity index (χ4v) is 3.58. The average Bonchev–Trinajstić information content (AvgIpc) is 2.99. The third kappa shape index (κ3) is 5.01. The van der Waals surface area contributed by atoms with Crippen LogP contribution in [0.1, 0.15) is 25.3 Å². The van der Waals surface area contributed by atoms with Gasteiger partial charge in [-0.15, -0.1) is 0 Å². The van der Waals surface area contributed by atoms with Crippen molar-refractivity contribution >= 4 is 11.1 Å². The average molecular weight is 351 g/mol. The molecule has 0 amide bonds. The summed E-state index contributed by atoms with van der Waals surface area (Å²) in [6, 6.07) is 16.3. The second-order valence-electron chi connectivity index (χ2n) is 6.23. The Bertz CT molecular complexity index is 673. The Kier molecular flexibility index (Phi) is 7.66. The van der Waals surface area contributed by atoms with Gasteiger partial charge >= 0.3 is 29.6 Å². The summed E-state index contributed by atoms with van der Waals surface area (Å²) in [5.41, 5.74) is 3.51. The molecule has 5 heteroatoms. The van der Waals surface area contributed by atoms with E-state index in [2.05, 4.69) is 36.1 Å². The van der Waals surface area contributed by atoms with Crippen molar-refractivity contribution in [2.24, 2.45) is 0 Å². The molecule has 2 aromatic rings. The molecule has 0 aromatic heterocycles. The summed E-state index contributed by atoms with van der Waals surface area (Å²) in [6.45, 7) is 4.67. The standard InChI is InChI=1S/C19H23NO2S.Na/c1-15-3-2-13-20(15)14-12-16-4-6-17(7-5-16)18-8-10-19(11-9-18)23(21)22;/h4-11,15H,2-3,12-14H2,1H3,(H,21,22);/q;+1/p-1/t15-;/m1./s1. The molecule has 2 aromatic carbocycles. The zero-order valence-corrected chi connectivity index (χ0v) is 17.2. The number of benzene rings is 2. The van der Waals surface area contributed by atoms with Gasteiger partial charge in [0.15, 0.2) is 0 Å². The maximum absolute atomic E-state index is 10.9. The van der Waals surface area contributed by atoms with Crippen LogP contribution < -0.4 is 29.6 Å². The first-order valence-electron chi connectivity index (χ1n) is 8.16. The summed E-state index contributed by atoms with van der Waals surface area (Å²) in [5.74, 6) is 0. The molecule has 0 aliphatic carbocycles. The van der Waals surface area contributed by atoms with Crippen molar-refractivity contribution in [2.75, 3.05) is 13.1 Å². The van der Waals surface area contributed by atoms with Crippen LogP contribution in [-0.4, -0.2) is 32.8 Å². The number of nitrogens with zero attached hydrogens (tertiary/aromatic N) is 1. The minimum atomic E-state index is -2.16. The van der Waals surface area contributed by atoms with Gasteiger partial charge in [-0.2, -0.15) is 0 Å². The van der Waals surface area contributed by atoms with Crippen LogP contribution >= 0.6 is 0 Å². The van der Waals surface area contributed by atoms with Crippen molar-refractivity contribution in [1.29, 1.82) is 0 Å². The van der Waals surface area contributed by atoms with Crippen LogP contribution in [0.25, 0.3) is 11.1 Å². The van der Waals surface area contributed by atoms with Gasteiger partial charge in [-0.25, -0.2) is 0 Å². The SMILES string of the molecule is C[C@@H]1CCCN1CCc1ccc(-c2ccc(S(=O)[O-])cc2)cc1.[Na+]. The monoisotopic (exact) mass is 351 g/mol. The van der Waals surface area contributed by atoms with E-state index in [0.29, 0.717) is 4.90 Å². The van der Waals surface area contributed by atoms with Crippen LogP contribution in [0.3, 0.4) is 0 Å². The molecule has 0 saturated carbocycles. The molecule has 1 saturated heterocycles. The molecule has 0 bridgehead atoms. The third-order valence-electron chi connectivity index (χ3n) is 4.71. The van der Waals surface area contributed by atoms with E-state index >= 15 is 0 Å². The molecule has 1 aliphatic rings. The summed E-state index contributed by atoms with van der Waals surface area (Å²) < 4.78 is 21.8. The molecule has 122 valence electrons. The number of rotatable bonds is 5. The van der Waals surface area contributed by atoms with Crippen molar-refractivity contribution in [3.8, 4) is 11.1 Å². The zero-order chi connectivity index (χ0) is 16.2. The first kappa shape index (κ1) is 19.8. The molecule has 0 N–H and O–H groups in total. The van der Waals surface area contributed by atoms with Gasteiger partial charge in [-0.3, -0.25) is 4.21 Å². The normalized spacial score (nSPS) is 19.0. The Morgan fingerprint density at radius 1 is 1.08 bits per heavy atom. The van der Waals surface area contributed by atoms with E-state index in [0.717, 1.165) is 30.1 Å². The zero-order valence-electron chi connectivity index (χ0n) is 14.4. The topological polar surface area (TPSA) is 43.4 Å². The van der Waals surface area contributed by atoms with E-state index < -0.39 is 11.1 Å². The van der Waals surface area contributed by atoms with E-state index in [1.807, 2.05) is 12.1 Å². The van der Waals surface area contributed by atoms with Crippen molar-refractivity contribution in [2.45, 2.75) is 37.1 Å². The fourth-order valence-electron chi connectivity index (χ4n) is 3.22. The summed E-state index contributed by atoms with van der Waals surface area (Å²) >= 11 is -2.16. The van der Waals surface area contributed by atoms with E-state index in [9.17, 15) is 8.76 Å². The molecule has 1 heterocycles. The first-order valence-corrected chi connectivity index (χ1v) is 9.23. The van der Waals surface area contributed by atoms with Gasteiger partial charge in [0.1, 0.15) is 0 Å². The minimum Gasteiger partial charge on any atom is -0.768 e. The molecule has 2 atom stereocenters. The Hall–Kier alpha value is -0.490. The van der Waals surface area contributed by atoms with Crippen molar-refractivity contribution in [3.05, 3.63) is 54.1 Å². The number of hydrogen-bond acceptors (Lipinski definition) is 3. The molecular weight excluding hydrogens is 329 g/mol. The predicted molar refractivity (Wildman–Crippen MR) is 93.0 cm³/mol. The Balaban J connectivity index is 0.00000208. The van der Waals surface area contributed by atoms with Crippen molar-refractivity contribution < 1.29 is 38.3 Å². The molecule has 0 spiro atoms. The summed E-state index contributed by atoms with van der Waals surface area (Å²) in [6.07, 6.45) is 3.73. The van der Waals surface area contributed by atoms with Crippen LogP contribution in [0.4, 0.5) is 0 Å². The van der Waals surface area contributed by atoms with Gasteiger partial charge in [-0.1, -0.05) is 36.4 Å². The van der Waals surface area contributed by atoms with Gasteiger partial charge in [-0.05, 0) is 72.6 Å². The van der Waals surface area contributed by atoms with E-state index in [1.54, 1.807) is 12.1 Å². The maximum atomic E-state index is 10.9. The van der Waals surface area contributed by atoms with Gasteiger partial charge in [0.05, 0.1) is 0 Å². The molecule has 24 heavy (non-hydrogen) atoms. The van der Waals surface area contributed by atoms with Crippen LogP contribution in [0.15, 0.2) is 53.4 Å². The van der Waals surface area contributed by atoms with Crippen molar-refractivity contribution in [1.82, 2.24) is 4.90 Å². The smallest absolute Gasteiger partial charge is 0.768 e. The summed E-state index contributed by atoms with van der Waals surface area (Å²) in [5, 5.41) is 0. The van der Waals surface area contributed by atoms with Gasteiger partial charge in [0.25, 0.3) is 0 Å². The summed E-state index contributed by atoms with van der Waals surface area (Å²) in [7, 11) is 0. The van der Waals surface area contributed by atoms with Crippen LogP contribution in [0.2, 0.25) is 0 Å². The Labute approximate surface area is 169 Å². The maximum Gasteiger partial charge on any atom is 1.00 e. The molecule has 1 fully saturated rings. The quantitative estimate of drug-likeness (QED) is 0.586. The van der Waals surface area contributed by atoms with Crippen LogP contribution in [-0.2, 0) is 17.5 Å².